The van der Waals surface area contributed by atoms with E-state index in [4.69, 9.17) is 43.3 Å². The highest BCUT2D eigenvalue weighted by atomic mass is 35.5. The Balaban J connectivity index is 0.000000145. The summed E-state index contributed by atoms with van der Waals surface area (Å²) in [7, 11) is 3.30. The number of hydrogen-bond donors (Lipinski definition) is 3. The largest absolute Gasteiger partial charge is 0.494 e. The van der Waals surface area contributed by atoms with Gasteiger partial charge < -0.3 is 31.6 Å². The van der Waals surface area contributed by atoms with Gasteiger partial charge in [0.1, 0.15) is 17.3 Å². The molecule has 13 rings (SSSR count). The molecule has 93 heavy (non-hydrogen) atoms. The molecule has 0 spiro atoms. The van der Waals surface area contributed by atoms with E-state index in [-0.39, 0.29) is 59.8 Å². The SMILES string of the molecule is CCOc1cccc(-c2cccc(C3(c4ccccc4)N=C(N)N(C)C3=O)c2)c1.CN1C(=O)C(c2ccccc2)(c2cccc(-c3cccc(Cl)c3)c2)N=C1N.NC1=NC(c2ccccc2)(c2ccccc2)C(=O)N1CC1CCN(C(=O)COc2ccc(F)cc2)CC1. The first-order chi connectivity index (χ1) is 45.0. The number of ether oxygens (including phenoxy) is 2. The van der Waals surface area contributed by atoms with Gasteiger partial charge in [-0.2, -0.15) is 0 Å². The molecule has 1 fully saturated rings. The van der Waals surface area contributed by atoms with Crippen LogP contribution in [0.15, 0.2) is 258 Å². The third kappa shape index (κ3) is 12.9. The fourth-order valence-electron chi connectivity index (χ4n) is 12.2. The Morgan fingerprint density at radius 2 is 0.882 bits per heavy atom. The Morgan fingerprint density at radius 3 is 1.31 bits per heavy atom. The van der Waals surface area contributed by atoms with Crippen LogP contribution in [0.1, 0.15) is 53.1 Å². The molecule has 9 aromatic rings. The minimum absolute atomic E-state index is 0.100. The lowest BCUT2D eigenvalue weighted by atomic mass is 9.82. The predicted molar refractivity (Wildman–Crippen MR) is 361 cm³/mol. The van der Waals surface area contributed by atoms with Crippen molar-refractivity contribution in [1.82, 2.24) is 19.6 Å². The van der Waals surface area contributed by atoms with E-state index in [1.807, 2.05) is 225 Å². The number of carbonyl (C=O) groups excluding carboxylic acids is 4. The van der Waals surface area contributed by atoms with Gasteiger partial charge in [0.05, 0.1) is 6.61 Å². The minimum Gasteiger partial charge on any atom is -0.494 e. The van der Waals surface area contributed by atoms with Crippen molar-refractivity contribution in [3.05, 3.63) is 287 Å². The fraction of sp³-hybridized carbons (Fsp3) is 0.187. The van der Waals surface area contributed by atoms with Gasteiger partial charge >= 0.3 is 0 Å². The zero-order chi connectivity index (χ0) is 65.3. The summed E-state index contributed by atoms with van der Waals surface area (Å²) in [6, 6.07) is 74.9. The molecular formula is C75H70ClFN10O6. The van der Waals surface area contributed by atoms with Crippen LogP contribution in [-0.2, 0) is 35.8 Å². The Morgan fingerprint density at radius 1 is 0.484 bits per heavy atom. The number of halogens is 2. The number of benzene rings is 9. The summed E-state index contributed by atoms with van der Waals surface area (Å²) >= 11 is 6.15. The van der Waals surface area contributed by atoms with E-state index in [0.29, 0.717) is 37.0 Å². The van der Waals surface area contributed by atoms with Gasteiger partial charge in [-0.1, -0.05) is 194 Å². The van der Waals surface area contributed by atoms with Crippen molar-refractivity contribution in [2.24, 2.45) is 38.1 Å². The summed E-state index contributed by atoms with van der Waals surface area (Å²) in [5, 5.41) is 0.662. The van der Waals surface area contributed by atoms with Gasteiger partial charge in [0.15, 0.2) is 41.1 Å². The molecule has 0 saturated carbocycles. The van der Waals surface area contributed by atoms with Gasteiger partial charge in [0, 0.05) is 38.8 Å². The molecule has 2 atom stereocenters. The van der Waals surface area contributed by atoms with Gasteiger partial charge in [0.25, 0.3) is 23.6 Å². The van der Waals surface area contributed by atoms with Crippen LogP contribution in [0, 0.1) is 11.7 Å². The maximum atomic E-state index is 14.0. The molecule has 0 radical (unpaired) electrons. The van der Waals surface area contributed by atoms with Crippen molar-refractivity contribution in [2.75, 3.05) is 46.9 Å². The standard InChI is InChI=1S/C29H29FN4O3.C24H23N3O2.C22H18ClN3O/c30-24-11-13-25(14-12-24)37-20-26(35)33-17-15-21(16-18-33)19-34-27(36)29(32-28(34)31,22-7-3-1-4-8-22)23-9-5-2-6-10-23;1-3-29-21-14-8-10-18(16-21)17-9-7-13-20(15-17)24(19-11-5-4-6-12-19)22(28)27(2)23(25)26-24;1-26-20(27)22(25-21(26)24,17-9-3-2-4-10-17)18-11-5-7-15(13-18)16-8-6-12-19(23)14-16/h1-14,21H,15-20H2,(H2,31,32);4-16H,3H2,1-2H3,(H2,25,26);2-14H,1H3,(H2,24,25). The Kier molecular flexibility index (Phi) is 18.9. The number of piperidine rings is 1. The second-order valence-electron chi connectivity index (χ2n) is 22.8. The van der Waals surface area contributed by atoms with E-state index in [2.05, 4.69) is 9.98 Å². The van der Waals surface area contributed by atoms with Crippen LogP contribution in [0.25, 0.3) is 22.3 Å². The first kappa shape index (κ1) is 63.7. The zero-order valence-corrected chi connectivity index (χ0v) is 52.4. The zero-order valence-electron chi connectivity index (χ0n) is 51.7. The maximum Gasteiger partial charge on any atom is 0.266 e. The van der Waals surface area contributed by atoms with E-state index in [9.17, 15) is 23.6 Å². The Bertz CT molecular complexity index is 4230. The van der Waals surface area contributed by atoms with Crippen molar-refractivity contribution in [2.45, 2.75) is 36.4 Å². The number of amides is 4. The van der Waals surface area contributed by atoms with Gasteiger partial charge in [-0.25, -0.2) is 19.4 Å². The van der Waals surface area contributed by atoms with E-state index >= 15 is 0 Å². The summed E-state index contributed by atoms with van der Waals surface area (Å²) in [6.07, 6.45) is 1.48. The third-order valence-electron chi connectivity index (χ3n) is 17.1. The molecule has 9 aromatic carbocycles. The summed E-state index contributed by atoms with van der Waals surface area (Å²) in [5.74, 6) is 1.11. The lowest BCUT2D eigenvalue weighted by Gasteiger charge is -2.34. The molecule has 4 amide bonds. The molecule has 4 heterocycles. The topological polar surface area (TPSA) is 215 Å². The van der Waals surface area contributed by atoms with E-state index in [1.165, 1.54) is 34.1 Å². The normalized spacial score (nSPS) is 18.4. The highest BCUT2D eigenvalue weighted by Gasteiger charge is 2.52. The molecule has 18 heteroatoms. The fourth-order valence-corrected chi connectivity index (χ4v) is 12.4. The predicted octanol–water partition coefficient (Wildman–Crippen LogP) is 11.4. The number of nitrogens with two attached hydrogens (primary N) is 3. The van der Waals surface area contributed by atoms with Gasteiger partial charge in [-0.05, 0) is 142 Å². The van der Waals surface area contributed by atoms with Crippen molar-refractivity contribution in [1.29, 1.82) is 0 Å². The molecule has 16 nitrogen and oxygen atoms in total. The average molecular weight is 1260 g/mol. The van der Waals surface area contributed by atoms with E-state index in [0.717, 1.165) is 74.2 Å². The molecule has 6 N–H and O–H groups in total. The molecule has 0 bridgehead atoms. The summed E-state index contributed by atoms with van der Waals surface area (Å²) < 4.78 is 24.2. The average Bonchev–Trinajstić information content (AvgIpc) is 1.65. The van der Waals surface area contributed by atoms with Crippen LogP contribution >= 0.6 is 11.6 Å². The number of nitrogens with zero attached hydrogens (tertiary/aromatic N) is 7. The van der Waals surface area contributed by atoms with Crippen LogP contribution < -0.4 is 26.7 Å². The number of guanidine groups is 3. The molecule has 0 aromatic heterocycles. The molecule has 4 aliphatic rings. The second kappa shape index (κ2) is 27.7. The van der Waals surface area contributed by atoms with Crippen LogP contribution in [0.3, 0.4) is 0 Å². The smallest absolute Gasteiger partial charge is 0.266 e. The summed E-state index contributed by atoms with van der Waals surface area (Å²) in [6.45, 7) is 4.05. The number of rotatable bonds is 15. The van der Waals surface area contributed by atoms with E-state index < -0.39 is 16.6 Å². The van der Waals surface area contributed by atoms with Crippen molar-refractivity contribution in [3.63, 3.8) is 0 Å². The highest BCUT2D eigenvalue weighted by molar-refractivity contribution is 6.30. The van der Waals surface area contributed by atoms with Gasteiger partial charge in [-0.3, -0.25) is 33.9 Å². The number of likely N-dealkylation sites (tertiary alicyclic amines) is 1. The lowest BCUT2D eigenvalue weighted by Crippen LogP contribution is -2.48. The molecular weight excluding hydrogens is 1190 g/mol. The Labute approximate surface area is 545 Å². The van der Waals surface area contributed by atoms with Gasteiger partial charge in [0.2, 0.25) is 0 Å². The molecule has 470 valence electrons. The molecule has 2 unspecified atom stereocenters. The third-order valence-corrected chi connectivity index (χ3v) is 17.4. The quantitative estimate of drug-likeness (QED) is 0.0889. The number of aliphatic imine (C=N–C) groups is 3. The van der Waals surface area contributed by atoms with Crippen LogP contribution in [0.2, 0.25) is 5.02 Å². The first-order valence-corrected chi connectivity index (χ1v) is 31.0. The minimum atomic E-state index is -1.21. The molecule has 1 saturated heterocycles. The van der Waals surface area contributed by atoms with Crippen molar-refractivity contribution < 1.29 is 33.0 Å². The summed E-state index contributed by atoms with van der Waals surface area (Å²) in [5.41, 5.74) is 23.5. The maximum absolute atomic E-state index is 14.0. The van der Waals surface area contributed by atoms with Crippen molar-refractivity contribution in [3.8, 4) is 33.8 Å². The lowest BCUT2D eigenvalue weighted by molar-refractivity contribution is -0.135. The van der Waals surface area contributed by atoms with Crippen LogP contribution in [0.4, 0.5) is 4.39 Å². The van der Waals surface area contributed by atoms with Crippen LogP contribution in [0.5, 0.6) is 11.5 Å². The second-order valence-corrected chi connectivity index (χ2v) is 23.3. The van der Waals surface area contributed by atoms with E-state index in [1.54, 1.807) is 23.9 Å². The number of likely N-dealkylation sites (N-methyl/N-ethyl adjacent to an activating group) is 2. The number of carbonyl (C=O) groups is 4. The highest BCUT2D eigenvalue weighted by Crippen LogP contribution is 2.44. The molecule has 4 aliphatic heterocycles. The molecule has 0 aliphatic carbocycles. The number of hydrogen-bond acceptors (Lipinski definition) is 12. The van der Waals surface area contributed by atoms with Gasteiger partial charge in [-0.15, -0.1) is 0 Å². The first-order valence-electron chi connectivity index (χ1n) is 30.6. The monoisotopic (exact) mass is 1260 g/mol. The Hall–Kier alpha value is -10.9. The van der Waals surface area contributed by atoms with Crippen LogP contribution in [-0.4, -0.2) is 108 Å². The van der Waals surface area contributed by atoms with Crippen molar-refractivity contribution >= 4 is 53.1 Å². The summed E-state index contributed by atoms with van der Waals surface area (Å²) in [4.78, 5) is 73.4.